The van der Waals surface area contributed by atoms with Gasteiger partial charge >= 0.3 is 0 Å². The third kappa shape index (κ3) is 4.83. The van der Waals surface area contributed by atoms with Crippen molar-refractivity contribution in [3.05, 3.63) is 27.9 Å². The number of pyridine rings is 1. The zero-order chi connectivity index (χ0) is 13.5. The van der Waals surface area contributed by atoms with Gasteiger partial charge < -0.3 is 14.8 Å². The zero-order valence-electron chi connectivity index (χ0n) is 10.3. The summed E-state index contributed by atoms with van der Waals surface area (Å²) in [6, 6.07) is 1.82. The fraction of sp³-hybridized carbons (Fsp3) is 0.364. The Kier molecular flexibility index (Phi) is 5.64. The van der Waals surface area contributed by atoms with E-state index in [2.05, 4.69) is 36.4 Å². The van der Waals surface area contributed by atoms with Gasteiger partial charge in [-0.3, -0.25) is 4.98 Å². The second-order valence-corrected chi connectivity index (χ2v) is 5.51. The summed E-state index contributed by atoms with van der Waals surface area (Å²) in [7, 11) is 1.67. The molecule has 0 radical (unpaired) electrons. The molecule has 2 rings (SSSR count). The first-order valence-corrected chi connectivity index (χ1v) is 7.19. The lowest BCUT2D eigenvalue weighted by atomic mass is 10.5. The van der Waals surface area contributed by atoms with Crippen LogP contribution in [-0.2, 0) is 11.3 Å². The fourth-order valence-electron chi connectivity index (χ4n) is 1.27. The molecule has 0 unspecified atom stereocenters. The molecule has 0 saturated carbocycles. The van der Waals surface area contributed by atoms with Gasteiger partial charge in [0.05, 0.1) is 12.8 Å². The molecular weight excluding hydrogens is 332 g/mol. The number of rotatable bonds is 7. The molecule has 2 aromatic rings. The summed E-state index contributed by atoms with van der Waals surface area (Å²) < 4.78 is 11.4. The van der Waals surface area contributed by atoms with Gasteiger partial charge in [0, 0.05) is 30.9 Å². The first kappa shape index (κ1) is 14.3. The van der Waals surface area contributed by atoms with Gasteiger partial charge in [-0.2, -0.15) is 0 Å². The smallest absolute Gasteiger partial charge is 0.299 e. The number of halogens is 1. The summed E-state index contributed by atoms with van der Waals surface area (Å²) in [4.78, 5) is 4.02. The Morgan fingerprint density at radius 3 is 3.05 bits per heavy atom. The maximum atomic E-state index is 5.57. The maximum Gasteiger partial charge on any atom is 0.299 e. The van der Waals surface area contributed by atoms with Gasteiger partial charge in [0.25, 0.3) is 5.19 Å². The Morgan fingerprint density at radius 2 is 2.26 bits per heavy atom. The van der Waals surface area contributed by atoms with E-state index in [1.807, 2.05) is 6.07 Å². The number of hydrogen-bond acceptors (Lipinski definition) is 7. The molecule has 0 aliphatic carbocycles. The molecule has 0 atom stereocenters. The maximum absolute atomic E-state index is 5.57. The van der Waals surface area contributed by atoms with Crippen LogP contribution in [0.3, 0.4) is 0 Å². The first-order valence-electron chi connectivity index (χ1n) is 5.58. The highest BCUT2D eigenvalue weighted by Crippen LogP contribution is 2.25. The first-order chi connectivity index (χ1) is 9.28. The summed E-state index contributed by atoms with van der Waals surface area (Å²) in [6.45, 7) is 2.11. The van der Waals surface area contributed by atoms with Crippen LogP contribution < -0.4 is 10.1 Å². The number of aromatic nitrogens is 3. The molecule has 8 heteroatoms. The van der Waals surface area contributed by atoms with Crippen LogP contribution in [0.5, 0.6) is 10.9 Å². The summed E-state index contributed by atoms with van der Waals surface area (Å²) in [5.74, 6) is 0.629. The van der Waals surface area contributed by atoms with Gasteiger partial charge in [-0.1, -0.05) is 16.4 Å². The average Bonchev–Trinajstić information content (AvgIpc) is 2.82. The van der Waals surface area contributed by atoms with Gasteiger partial charge in [0.1, 0.15) is 10.8 Å². The normalized spacial score (nSPS) is 10.6. The number of methoxy groups -OCH3 is 1. The molecule has 6 nitrogen and oxygen atoms in total. The van der Waals surface area contributed by atoms with E-state index in [1.54, 1.807) is 19.5 Å². The van der Waals surface area contributed by atoms with Gasteiger partial charge in [-0.15, -0.1) is 5.10 Å². The molecule has 0 aliphatic heterocycles. The molecule has 102 valence electrons. The number of nitrogens with zero attached hydrogens (tertiary/aromatic N) is 3. The van der Waals surface area contributed by atoms with Crippen molar-refractivity contribution in [2.75, 3.05) is 20.3 Å². The second-order valence-electron chi connectivity index (χ2n) is 3.57. The van der Waals surface area contributed by atoms with E-state index in [9.17, 15) is 0 Å². The predicted octanol–water partition coefficient (Wildman–Crippen LogP) is 2.22. The van der Waals surface area contributed by atoms with E-state index >= 15 is 0 Å². The van der Waals surface area contributed by atoms with Crippen LogP contribution >= 0.6 is 27.3 Å². The van der Waals surface area contributed by atoms with Crippen molar-refractivity contribution in [1.29, 1.82) is 0 Å². The van der Waals surface area contributed by atoms with Crippen molar-refractivity contribution < 1.29 is 9.47 Å². The molecule has 0 saturated heterocycles. The van der Waals surface area contributed by atoms with Crippen LogP contribution in [0.2, 0.25) is 0 Å². The highest BCUT2D eigenvalue weighted by atomic mass is 79.9. The number of nitrogens with one attached hydrogen (secondary N) is 1. The Hall–Kier alpha value is -1.09. The third-order valence-electron chi connectivity index (χ3n) is 2.09. The van der Waals surface area contributed by atoms with Crippen molar-refractivity contribution in [2.24, 2.45) is 0 Å². The lowest BCUT2D eigenvalue weighted by Crippen LogP contribution is -2.18. The summed E-state index contributed by atoms with van der Waals surface area (Å²) in [6.07, 6.45) is 3.32. The van der Waals surface area contributed by atoms with Gasteiger partial charge in [0.15, 0.2) is 0 Å². The molecule has 0 aromatic carbocycles. The van der Waals surface area contributed by atoms with Crippen LogP contribution in [-0.4, -0.2) is 35.4 Å². The largest absolute Gasteiger partial charge is 0.428 e. The molecule has 0 spiro atoms. The van der Waals surface area contributed by atoms with E-state index in [0.29, 0.717) is 24.1 Å². The van der Waals surface area contributed by atoms with Crippen molar-refractivity contribution in [3.8, 4) is 10.9 Å². The summed E-state index contributed by atoms with van der Waals surface area (Å²) >= 11 is 4.73. The highest BCUT2D eigenvalue weighted by Gasteiger charge is 2.06. The number of hydrogen-bond donors (Lipinski definition) is 1. The molecule has 0 amide bonds. The van der Waals surface area contributed by atoms with Gasteiger partial charge in [0.2, 0.25) is 0 Å². The Labute approximate surface area is 123 Å². The van der Waals surface area contributed by atoms with Crippen molar-refractivity contribution >= 4 is 27.3 Å². The van der Waals surface area contributed by atoms with E-state index in [0.717, 1.165) is 16.0 Å². The van der Waals surface area contributed by atoms with E-state index < -0.39 is 0 Å². The number of ether oxygens (including phenoxy) is 2. The summed E-state index contributed by atoms with van der Waals surface area (Å²) in [5.41, 5.74) is 0. The zero-order valence-corrected chi connectivity index (χ0v) is 12.7. The third-order valence-corrected chi connectivity index (χ3v) is 3.33. The molecular formula is C11H13BrN4O2S. The second kappa shape index (κ2) is 7.49. The molecule has 2 heterocycles. The molecule has 0 bridgehead atoms. The topological polar surface area (TPSA) is 69.2 Å². The molecule has 1 N–H and O–H groups in total. The minimum atomic E-state index is 0.503. The van der Waals surface area contributed by atoms with E-state index in [-0.39, 0.29) is 0 Å². The van der Waals surface area contributed by atoms with Crippen molar-refractivity contribution in [3.63, 3.8) is 0 Å². The minimum absolute atomic E-state index is 0.503. The lowest BCUT2D eigenvalue weighted by Gasteiger charge is -2.00. The highest BCUT2D eigenvalue weighted by molar-refractivity contribution is 9.10. The van der Waals surface area contributed by atoms with Crippen LogP contribution in [0, 0.1) is 0 Å². The van der Waals surface area contributed by atoms with Crippen molar-refractivity contribution in [1.82, 2.24) is 20.5 Å². The van der Waals surface area contributed by atoms with Crippen molar-refractivity contribution in [2.45, 2.75) is 6.54 Å². The molecule has 0 fully saturated rings. The fourth-order valence-corrected chi connectivity index (χ4v) is 2.29. The van der Waals surface area contributed by atoms with Crippen LogP contribution in [0.1, 0.15) is 5.01 Å². The molecule has 19 heavy (non-hydrogen) atoms. The van der Waals surface area contributed by atoms with Gasteiger partial charge in [-0.05, 0) is 22.0 Å². The summed E-state index contributed by atoms with van der Waals surface area (Å²) in [5, 5.41) is 12.6. The van der Waals surface area contributed by atoms with Crippen LogP contribution in [0.25, 0.3) is 0 Å². The molecule has 2 aromatic heterocycles. The Morgan fingerprint density at radius 1 is 1.37 bits per heavy atom. The average molecular weight is 345 g/mol. The molecule has 0 aliphatic rings. The predicted molar refractivity (Wildman–Crippen MR) is 75.5 cm³/mol. The quantitative estimate of drug-likeness (QED) is 0.776. The SMILES string of the molecule is COCCNCc1nnc(Oc2cncc(Br)c2)s1. The van der Waals surface area contributed by atoms with Crippen LogP contribution in [0.4, 0.5) is 0 Å². The standard InChI is InChI=1S/C11H13BrN4O2S/c1-17-3-2-13-7-10-15-16-11(19-10)18-9-4-8(12)5-14-6-9/h4-6,13H,2-3,7H2,1H3. The monoisotopic (exact) mass is 344 g/mol. The Balaban J connectivity index is 1.87. The lowest BCUT2D eigenvalue weighted by molar-refractivity contribution is 0.199. The minimum Gasteiger partial charge on any atom is -0.428 e. The van der Waals surface area contributed by atoms with E-state index in [1.165, 1.54) is 11.3 Å². The Bertz CT molecular complexity index is 523. The van der Waals surface area contributed by atoms with Crippen LogP contribution in [0.15, 0.2) is 22.9 Å². The van der Waals surface area contributed by atoms with Gasteiger partial charge in [-0.25, -0.2) is 0 Å². The van der Waals surface area contributed by atoms with E-state index in [4.69, 9.17) is 9.47 Å².